The van der Waals surface area contributed by atoms with Crippen LogP contribution < -0.4 is 10.5 Å². The van der Waals surface area contributed by atoms with Gasteiger partial charge in [0.2, 0.25) is 5.56 Å². The van der Waals surface area contributed by atoms with Crippen LogP contribution in [0.5, 0.6) is 0 Å². The average molecular weight is 228 g/mol. The number of rotatable bonds is 2. The Morgan fingerprint density at radius 2 is 1.65 bits per heavy atom. The summed E-state index contributed by atoms with van der Waals surface area (Å²) in [7, 11) is 4.01. The zero-order chi connectivity index (χ0) is 12.4. The Kier molecular flexibility index (Phi) is 3.00. The van der Waals surface area contributed by atoms with Gasteiger partial charge in [-0.3, -0.25) is 4.79 Å². The van der Waals surface area contributed by atoms with Gasteiger partial charge in [-0.2, -0.15) is 0 Å². The molecule has 0 amide bonds. The highest BCUT2D eigenvalue weighted by Gasteiger charge is 2.01. The molecule has 1 aromatic heterocycles. The van der Waals surface area contributed by atoms with Gasteiger partial charge in [0, 0.05) is 31.5 Å². The van der Waals surface area contributed by atoms with E-state index >= 15 is 0 Å². The fourth-order valence-corrected chi connectivity index (χ4v) is 1.80. The molecule has 17 heavy (non-hydrogen) atoms. The quantitative estimate of drug-likeness (QED) is 0.857. The lowest BCUT2D eigenvalue weighted by Gasteiger charge is -2.12. The van der Waals surface area contributed by atoms with Gasteiger partial charge in [0.1, 0.15) is 0 Å². The van der Waals surface area contributed by atoms with E-state index in [1.807, 2.05) is 56.3 Å². The number of aryl methyl sites for hydroxylation is 1. The molecule has 88 valence electrons. The van der Waals surface area contributed by atoms with Gasteiger partial charge >= 0.3 is 0 Å². The smallest absolute Gasteiger partial charge is 0.248 e. The summed E-state index contributed by atoms with van der Waals surface area (Å²) < 4.78 is 0. The monoisotopic (exact) mass is 228 g/mol. The van der Waals surface area contributed by atoms with Gasteiger partial charge in [-0.25, -0.2) is 0 Å². The van der Waals surface area contributed by atoms with Gasteiger partial charge in [-0.05, 0) is 36.2 Å². The van der Waals surface area contributed by atoms with E-state index in [-0.39, 0.29) is 5.56 Å². The second-order valence-corrected chi connectivity index (χ2v) is 4.36. The molecular formula is C14H16N2O. The molecule has 2 aromatic rings. The Labute approximate surface area is 101 Å². The van der Waals surface area contributed by atoms with Crippen LogP contribution in [0.15, 0.2) is 41.2 Å². The lowest BCUT2D eigenvalue weighted by atomic mass is 10.1. The lowest BCUT2D eigenvalue weighted by Crippen LogP contribution is -2.08. The third kappa shape index (κ3) is 2.56. The molecule has 0 saturated carbocycles. The molecule has 0 unspecified atom stereocenters. The van der Waals surface area contributed by atoms with Crippen LogP contribution in [0.2, 0.25) is 0 Å². The number of hydrogen-bond acceptors (Lipinski definition) is 2. The Morgan fingerprint density at radius 3 is 2.18 bits per heavy atom. The molecule has 3 nitrogen and oxygen atoms in total. The van der Waals surface area contributed by atoms with Gasteiger partial charge in [0.25, 0.3) is 0 Å². The molecule has 1 aromatic carbocycles. The van der Waals surface area contributed by atoms with Crippen LogP contribution in [0.4, 0.5) is 5.69 Å². The Balaban J connectivity index is 2.43. The Morgan fingerprint density at radius 1 is 1.00 bits per heavy atom. The maximum absolute atomic E-state index is 11.4. The molecule has 0 bridgehead atoms. The van der Waals surface area contributed by atoms with E-state index in [1.165, 1.54) is 0 Å². The summed E-state index contributed by atoms with van der Waals surface area (Å²) in [6.07, 6.45) is 0. The van der Waals surface area contributed by atoms with E-state index in [1.54, 1.807) is 6.07 Å². The summed E-state index contributed by atoms with van der Waals surface area (Å²) in [6, 6.07) is 11.8. The minimum Gasteiger partial charge on any atom is -0.378 e. The number of aromatic amines is 1. The van der Waals surface area contributed by atoms with E-state index < -0.39 is 0 Å². The van der Waals surface area contributed by atoms with Crippen LogP contribution in [-0.4, -0.2) is 19.1 Å². The van der Waals surface area contributed by atoms with Gasteiger partial charge in [-0.15, -0.1) is 0 Å². The summed E-state index contributed by atoms with van der Waals surface area (Å²) in [6.45, 7) is 1.89. The first-order chi connectivity index (χ1) is 8.06. The Hall–Kier alpha value is -2.03. The third-order valence-electron chi connectivity index (χ3n) is 2.70. The molecule has 1 N–H and O–H groups in total. The normalized spacial score (nSPS) is 10.3. The largest absolute Gasteiger partial charge is 0.378 e. The number of pyridine rings is 1. The van der Waals surface area contributed by atoms with Crippen molar-refractivity contribution in [3.8, 4) is 11.1 Å². The lowest BCUT2D eigenvalue weighted by molar-refractivity contribution is 1.13. The number of anilines is 1. The fourth-order valence-electron chi connectivity index (χ4n) is 1.80. The van der Waals surface area contributed by atoms with Crippen molar-refractivity contribution in [3.05, 3.63) is 52.4 Å². The van der Waals surface area contributed by atoms with Crippen LogP contribution >= 0.6 is 0 Å². The molecule has 0 radical (unpaired) electrons. The van der Waals surface area contributed by atoms with E-state index in [0.29, 0.717) is 0 Å². The van der Waals surface area contributed by atoms with Gasteiger partial charge in [-0.1, -0.05) is 12.1 Å². The fraction of sp³-hybridized carbons (Fsp3) is 0.214. The van der Waals surface area contributed by atoms with E-state index in [4.69, 9.17) is 0 Å². The predicted molar refractivity (Wildman–Crippen MR) is 71.6 cm³/mol. The molecule has 0 aliphatic rings. The molecule has 0 aliphatic carbocycles. The van der Waals surface area contributed by atoms with Crippen molar-refractivity contribution in [2.24, 2.45) is 0 Å². The first-order valence-corrected chi connectivity index (χ1v) is 5.55. The molecule has 1 heterocycles. The second kappa shape index (κ2) is 4.45. The van der Waals surface area contributed by atoms with Crippen LogP contribution in [-0.2, 0) is 0 Å². The molecular weight excluding hydrogens is 212 g/mol. The topological polar surface area (TPSA) is 36.1 Å². The van der Waals surface area contributed by atoms with E-state index in [2.05, 4.69) is 4.98 Å². The second-order valence-electron chi connectivity index (χ2n) is 4.36. The van der Waals surface area contributed by atoms with Crippen molar-refractivity contribution in [2.75, 3.05) is 19.0 Å². The van der Waals surface area contributed by atoms with Crippen molar-refractivity contribution < 1.29 is 0 Å². The molecule has 3 heteroatoms. The van der Waals surface area contributed by atoms with Gasteiger partial charge < -0.3 is 9.88 Å². The van der Waals surface area contributed by atoms with Crippen LogP contribution in [0.25, 0.3) is 11.1 Å². The van der Waals surface area contributed by atoms with Crippen molar-refractivity contribution in [1.29, 1.82) is 0 Å². The van der Waals surface area contributed by atoms with E-state index in [0.717, 1.165) is 22.5 Å². The zero-order valence-corrected chi connectivity index (χ0v) is 10.3. The number of aromatic nitrogens is 1. The molecule has 0 atom stereocenters. The van der Waals surface area contributed by atoms with Gasteiger partial charge in [0.15, 0.2) is 0 Å². The van der Waals surface area contributed by atoms with Crippen LogP contribution in [0, 0.1) is 6.92 Å². The van der Waals surface area contributed by atoms with Crippen LogP contribution in [0.1, 0.15) is 5.69 Å². The maximum atomic E-state index is 11.4. The van der Waals surface area contributed by atoms with E-state index in [9.17, 15) is 4.79 Å². The summed E-state index contributed by atoms with van der Waals surface area (Å²) >= 11 is 0. The number of benzene rings is 1. The van der Waals surface area contributed by atoms with Crippen molar-refractivity contribution >= 4 is 5.69 Å². The molecule has 0 aliphatic heterocycles. The standard InChI is InChI=1S/C14H16N2O/c1-10-8-12(9-14(17)15-10)11-4-6-13(7-5-11)16(2)3/h4-9H,1-3H3,(H,15,17). The highest BCUT2D eigenvalue weighted by Crippen LogP contribution is 2.21. The SMILES string of the molecule is Cc1cc(-c2ccc(N(C)C)cc2)cc(=O)[nH]1. The van der Waals surface area contributed by atoms with Crippen molar-refractivity contribution in [2.45, 2.75) is 6.92 Å². The third-order valence-corrected chi connectivity index (χ3v) is 2.70. The minimum atomic E-state index is -0.0586. The zero-order valence-electron chi connectivity index (χ0n) is 10.3. The summed E-state index contributed by atoms with van der Waals surface area (Å²) in [5.41, 5.74) is 3.98. The van der Waals surface area contributed by atoms with Crippen LogP contribution in [0.3, 0.4) is 0 Å². The molecule has 0 saturated heterocycles. The highest BCUT2D eigenvalue weighted by atomic mass is 16.1. The predicted octanol–water partition coefficient (Wildman–Crippen LogP) is 2.42. The molecule has 2 rings (SSSR count). The molecule has 0 fully saturated rings. The first kappa shape index (κ1) is 11.5. The Bertz CT molecular complexity index is 568. The number of nitrogens with one attached hydrogen (secondary N) is 1. The summed E-state index contributed by atoms with van der Waals surface area (Å²) in [5, 5.41) is 0. The summed E-state index contributed by atoms with van der Waals surface area (Å²) in [5.74, 6) is 0. The number of hydrogen-bond donors (Lipinski definition) is 1. The minimum absolute atomic E-state index is 0.0586. The maximum Gasteiger partial charge on any atom is 0.248 e. The van der Waals surface area contributed by atoms with Crippen molar-refractivity contribution in [1.82, 2.24) is 4.98 Å². The highest BCUT2D eigenvalue weighted by molar-refractivity contribution is 5.66. The molecule has 0 spiro atoms. The number of nitrogens with zero attached hydrogens (tertiary/aromatic N) is 1. The van der Waals surface area contributed by atoms with Crippen molar-refractivity contribution in [3.63, 3.8) is 0 Å². The summed E-state index contributed by atoms with van der Waals surface area (Å²) in [4.78, 5) is 16.2. The number of H-pyrrole nitrogens is 1. The average Bonchev–Trinajstić information content (AvgIpc) is 2.28. The first-order valence-electron chi connectivity index (χ1n) is 5.55. The van der Waals surface area contributed by atoms with Gasteiger partial charge in [0.05, 0.1) is 0 Å².